The third kappa shape index (κ3) is 11.0. The van der Waals surface area contributed by atoms with Gasteiger partial charge in [0.15, 0.2) is 0 Å². The monoisotopic (exact) mass is 530 g/mol. The Bertz CT molecular complexity index is 800. The number of carbonyl (C=O) groups is 4. The molecule has 0 saturated carbocycles. The zero-order valence-electron chi connectivity index (χ0n) is 19.4. The average molecular weight is 531 g/mol. The van der Waals surface area contributed by atoms with Crippen molar-refractivity contribution in [1.82, 2.24) is 16.0 Å². The summed E-state index contributed by atoms with van der Waals surface area (Å²) in [5.41, 5.74) is 6.57. The number of nitrogens with two attached hydrogens (primary N) is 1. The molecule has 4 unspecified atom stereocenters. The number of amides is 3. The summed E-state index contributed by atoms with van der Waals surface area (Å²) in [4.78, 5) is 50.0. The van der Waals surface area contributed by atoms with E-state index in [9.17, 15) is 24.3 Å². The van der Waals surface area contributed by atoms with Crippen LogP contribution in [0.25, 0.3) is 0 Å². The fraction of sp³-hybridized carbons (Fsp3) is 0.545. The number of benzene rings is 1. The summed E-state index contributed by atoms with van der Waals surface area (Å²) >= 11 is 7.01. The molecule has 34 heavy (non-hydrogen) atoms. The lowest BCUT2D eigenvalue weighted by Crippen LogP contribution is -2.58. The SMILES string of the molecule is CSCCC(NC(=O)C(CCSC)NC(=O)C(Cc1ccccc1)NC(=O)C(N)CS)C(=O)O. The normalized spacial score (nSPS) is 14.4. The Morgan fingerprint density at radius 2 is 1.38 bits per heavy atom. The Balaban J connectivity index is 3.02. The number of hydrogen-bond donors (Lipinski definition) is 6. The maximum Gasteiger partial charge on any atom is 0.326 e. The van der Waals surface area contributed by atoms with Gasteiger partial charge in [0.25, 0.3) is 0 Å². The van der Waals surface area contributed by atoms with Crippen molar-refractivity contribution in [3.63, 3.8) is 0 Å². The largest absolute Gasteiger partial charge is 0.480 e. The number of hydrogen-bond acceptors (Lipinski definition) is 8. The van der Waals surface area contributed by atoms with Crippen molar-refractivity contribution in [3.05, 3.63) is 35.9 Å². The molecule has 0 saturated heterocycles. The molecular formula is C22H34N4O5S3. The average Bonchev–Trinajstić information content (AvgIpc) is 2.83. The number of carbonyl (C=O) groups excluding carboxylic acids is 3. The van der Waals surface area contributed by atoms with Gasteiger partial charge in [-0.1, -0.05) is 30.3 Å². The first-order valence-corrected chi connectivity index (χ1v) is 14.2. The maximum absolute atomic E-state index is 13.2. The Hall–Kier alpha value is -1.89. The third-order valence-electron chi connectivity index (χ3n) is 4.92. The second kappa shape index (κ2) is 16.7. The minimum atomic E-state index is -1.13. The van der Waals surface area contributed by atoms with Gasteiger partial charge < -0.3 is 26.8 Å². The predicted molar refractivity (Wildman–Crippen MR) is 141 cm³/mol. The molecule has 1 aromatic carbocycles. The summed E-state index contributed by atoms with van der Waals surface area (Å²) < 4.78 is 0. The van der Waals surface area contributed by atoms with Crippen molar-refractivity contribution in [1.29, 1.82) is 0 Å². The van der Waals surface area contributed by atoms with E-state index in [0.29, 0.717) is 17.9 Å². The third-order valence-corrected chi connectivity index (χ3v) is 6.60. The van der Waals surface area contributed by atoms with Gasteiger partial charge in [-0.15, -0.1) is 0 Å². The van der Waals surface area contributed by atoms with Gasteiger partial charge in [0, 0.05) is 12.2 Å². The highest BCUT2D eigenvalue weighted by Gasteiger charge is 2.30. The predicted octanol–water partition coefficient (Wildman–Crippen LogP) is 0.531. The quantitative estimate of drug-likeness (QED) is 0.169. The first kappa shape index (κ1) is 30.1. The molecule has 190 valence electrons. The highest BCUT2D eigenvalue weighted by Crippen LogP contribution is 2.08. The minimum Gasteiger partial charge on any atom is -0.480 e. The standard InChI is InChI=1S/C22H34N4O5S3/c1-33-10-8-16(20(28)25-17(22(30)31)9-11-34-2)24-21(29)18(26-19(27)15(23)13-32)12-14-6-4-3-5-7-14/h3-7,15-18,32H,8-13,23H2,1-2H3,(H,24,29)(H,25,28)(H,26,27)(H,30,31). The van der Waals surface area contributed by atoms with E-state index in [1.54, 1.807) is 0 Å². The Morgan fingerprint density at radius 3 is 1.91 bits per heavy atom. The Kier molecular flexibility index (Phi) is 14.8. The molecule has 0 fully saturated rings. The maximum atomic E-state index is 13.2. The smallest absolute Gasteiger partial charge is 0.326 e. The van der Waals surface area contributed by atoms with Crippen molar-refractivity contribution in [3.8, 4) is 0 Å². The highest BCUT2D eigenvalue weighted by atomic mass is 32.2. The summed E-state index contributed by atoms with van der Waals surface area (Å²) in [5.74, 6) is -1.55. The molecule has 1 aromatic rings. The number of thiol groups is 1. The van der Waals surface area contributed by atoms with E-state index in [1.165, 1.54) is 23.5 Å². The molecule has 3 amide bonds. The van der Waals surface area contributed by atoms with Crippen molar-refractivity contribution < 1.29 is 24.3 Å². The van der Waals surface area contributed by atoms with Gasteiger partial charge >= 0.3 is 5.97 Å². The van der Waals surface area contributed by atoms with Crippen LogP contribution in [0, 0.1) is 0 Å². The Labute approximate surface area is 214 Å². The number of aliphatic carboxylic acids is 1. The summed E-state index contributed by atoms with van der Waals surface area (Å²) in [7, 11) is 0. The number of nitrogens with one attached hydrogen (secondary N) is 3. The van der Waals surface area contributed by atoms with E-state index in [-0.39, 0.29) is 18.6 Å². The molecule has 0 aliphatic carbocycles. The van der Waals surface area contributed by atoms with E-state index >= 15 is 0 Å². The van der Waals surface area contributed by atoms with Gasteiger partial charge in [-0.05, 0) is 42.4 Å². The number of thioether (sulfide) groups is 2. The molecule has 9 nitrogen and oxygen atoms in total. The van der Waals surface area contributed by atoms with Crippen LogP contribution in [-0.4, -0.2) is 82.7 Å². The summed E-state index contributed by atoms with van der Waals surface area (Å²) in [6, 6.07) is 5.26. The van der Waals surface area contributed by atoms with E-state index in [0.717, 1.165) is 5.56 Å². The van der Waals surface area contributed by atoms with Gasteiger partial charge in [0.1, 0.15) is 18.1 Å². The zero-order valence-corrected chi connectivity index (χ0v) is 21.9. The molecule has 0 spiro atoms. The van der Waals surface area contributed by atoms with E-state index in [1.807, 2.05) is 42.8 Å². The molecule has 1 rings (SSSR count). The van der Waals surface area contributed by atoms with Crippen molar-refractivity contribution in [2.45, 2.75) is 43.4 Å². The topological polar surface area (TPSA) is 151 Å². The molecule has 0 bridgehead atoms. The van der Waals surface area contributed by atoms with Crippen molar-refractivity contribution >= 4 is 59.8 Å². The zero-order chi connectivity index (χ0) is 25.5. The van der Waals surface area contributed by atoms with Crippen LogP contribution < -0.4 is 21.7 Å². The minimum absolute atomic E-state index is 0.108. The van der Waals surface area contributed by atoms with Gasteiger partial charge in [-0.25, -0.2) is 4.79 Å². The number of carboxylic acid groups (broad SMARTS) is 1. The van der Waals surface area contributed by atoms with Crippen LogP contribution >= 0.6 is 36.2 Å². The lowest BCUT2D eigenvalue weighted by molar-refractivity contribution is -0.142. The van der Waals surface area contributed by atoms with Crippen LogP contribution in [0.15, 0.2) is 30.3 Å². The second-order valence-electron chi connectivity index (χ2n) is 7.56. The van der Waals surface area contributed by atoms with E-state index < -0.39 is 47.9 Å². The van der Waals surface area contributed by atoms with Crippen LogP contribution in [0.5, 0.6) is 0 Å². The fourth-order valence-corrected chi connectivity index (χ4v) is 4.07. The first-order valence-electron chi connectivity index (χ1n) is 10.8. The van der Waals surface area contributed by atoms with Crippen LogP contribution in [0.1, 0.15) is 18.4 Å². The van der Waals surface area contributed by atoms with Crippen LogP contribution in [-0.2, 0) is 25.6 Å². The van der Waals surface area contributed by atoms with Crippen LogP contribution in [0.2, 0.25) is 0 Å². The molecule has 0 aliphatic rings. The second-order valence-corrected chi connectivity index (χ2v) is 9.90. The molecule has 0 radical (unpaired) electrons. The molecule has 0 aliphatic heterocycles. The molecule has 0 heterocycles. The first-order chi connectivity index (χ1) is 16.2. The fourth-order valence-electron chi connectivity index (χ4n) is 2.96. The summed E-state index contributed by atoms with van der Waals surface area (Å²) in [6.07, 6.45) is 4.48. The van der Waals surface area contributed by atoms with E-state index in [2.05, 4.69) is 28.6 Å². The van der Waals surface area contributed by atoms with Gasteiger partial charge in [0.05, 0.1) is 6.04 Å². The molecule has 4 atom stereocenters. The summed E-state index contributed by atoms with van der Waals surface area (Å²) in [5, 5.41) is 17.3. The Morgan fingerprint density at radius 1 is 0.882 bits per heavy atom. The molecular weight excluding hydrogens is 496 g/mol. The lowest BCUT2D eigenvalue weighted by atomic mass is 10.0. The van der Waals surface area contributed by atoms with Crippen LogP contribution in [0.4, 0.5) is 0 Å². The van der Waals surface area contributed by atoms with Gasteiger partial charge in [-0.2, -0.15) is 36.2 Å². The van der Waals surface area contributed by atoms with Crippen molar-refractivity contribution in [2.75, 3.05) is 29.8 Å². The highest BCUT2D eigenvalue weighted by molar-refractivity contribution is 7.98. The van der Waals surface area contributed by atoms with Crippen molar-refractivity contribution in [2.24, 2.45) is 5.73 Å². The van der Waals surface area contributed by atoms with Gasteiger partial charge in [0.2, 0.25) is 17.7 Å². The number of carboxylic acids is 1. The molecule has 0 aromatic heterocycles. The summed E-state index contributed by atoms with van der Waals surface area (Å²) in [6.45, 7) is 0. The van der Waals surface area contributed by atoms with E-state index in [4.69, 9.17) is 5.73 Å². The molecule has 6 N–H and O–H groups in total. The number of rotatable bonds is 16. The molecule has 12 heteroatoms. The van der Waals surface area contributed by atoms with Gasteiger partial charge in [-0.3, -0.25) is 14.4 Å². The lowest BCUT2D eigenvalue weighted by Gasteiger charge is -2.25. The van der Waals surface area contributed by atoms with Crippen LogP contribution in [0.3, 0.4) is 0 Å².